The summed E-state index contributed by atoms with van der Waals surface area (Å²) in [7, 11) is 2.07. The topological polar surface area (TPSA) is 78.4 Å². The minimum atomic E-state index is -0.411. The summed E-state index contributed by atoms with van der Waals surface area (Å²) in [5.74, 6) is -0.694. The average molecular weight is 450 g/mol. The lowest BCUT2D eigenvalue weighted by molar-refractivity contribution is -0.115. The second kappa shape index (κ2) is 8.33. The van der Waals surface area contributed by atoms with Crippen molar-refractivity contribution >= 4 is 45.6 Å². The summed E-state index contributed by atoms with van der Waals surface area (Å²) in [5, 5.41) is 2.60. The van der Waals surface area contributed by atoms with Gasteiger partial charge in [0.2, 0.25) is 0 Å². The standard InChI is InChI=1S/C23H20FN5O2S/c1-28-6-8-29(9-7-28)19-5-3-15(12-17(19)24)21-16-10-14(2-4-18(16)25-13-26-21)11-20-22(30)27-23(31)32-20/h2-5,10-13H,6-9H2,1H3,(H,27,30,31). The molecule has 2 aromatic carbocycles. The fourth-order valence-corrected chi connectivity index (χ4v) is 4.61. The molecule has 3 aromatic rings. The Labute approximate surface area is 188 Å². The lowest BCUT2D eigenvalue weighted by Crippen LogP contribution is -2.44. The molecule has 5 rings (SSSR count). The fraction of sp³-hybridized carbons (Fsp3) is 0.217. The summed E-state index contributed by atoms with van der Waals surface area (Å²) in [5.41, 5.74) is 3.30. The van der Waals surface area contributed by atoms with Gasteiger partial charge in [0.15, 0.2) is 0 Å². The summed E-state index contributed by atoms with van der Waals surface area (Å²) in [6.45, 7) is 3.38. The highest BCUT2D eigenvalue weighted by Gasteiger charge is 2.25. The molecule has 9 heteroatoms. The number of piperazine rings is 1. The van der Waals surface area contributed by atoms with Crippen LogP contribution in [0.15, 0.2) is 47.6 Å². The van der Waals surface area contributed by atoms with Crippen LogP contribution in [0.5, 0.6) is 0 Å². The first-order valence-corrected chi connectivity index (χ1v) is 11.0. The van der Waals surface area contributed by atoms with Crippen LogP contribution in [0.1, 0.15) is 5.56 Å². The average Bonchev–Trinajstić information content (AvgIpc) is 3.10. The molecule has 1 aromatic heterocycles. The number of carbonyl (C=O) groups excluding carboxylic acids is 2. The Kier molecular flexibility index (Phi) is 5.36. The number of amides is 2. The number of carbonyl (C=O) groups is 2. The van der Waals surface area contributed by atoms with Gasteiger partial charge in [-0.2, -0.15) is 0 Å². The van der Waals surface area contributed by atoms with Crippen molar-refractivity contribution in [2.45, 2.75) is 0 Å². The molecule has 2 amide bonds. The Hall–Kier alpha value is -3.30. The van der Waals surface area contributed by atoms with Gasteiger partial charge in [-0.25, -0.2) is 14.4 Å². The zero-order valence-electron chi connectivity index (χ0n) is 17.3. The number of benzene rings is 2. The van der Waals surface area contributed by atoms with Crippen molar-refractivity contribution < 1.29 is 14.0 Å². The summed E-state index contributed by atoms with van der Waals surface area (Å²) >= 11 is 0.865. The number of nitrogens with one attached hydrogen (secondary N) is 1. The van der Waals surface area contributed by atoms with Crippen molar-refractivity contribution in [2.24, 2.45) is 0 Å². The van der Waals surface area contributed by atoms with Crippen LogP contribution in [0.2, 0.25) is 0 Å². The van der Waals surface area contributed by atoms with Crippen molar-refractivity contribution in [3.05, 3.63) is 59.0 Å². The molecule has 7 nitrogen and oxygen atoms in total. The number of aromatic nitrogens is 2. The monoisotopic (exact) mass is 449 g/mol. The van der Waals surface area contributed by atoms with Crippen molar-refractivity contribution in [3.63, 3.8) is 0 Å². The molecule has 0 saturated carbocycles. The van der Waals surface area contributed by atoms with E-state index in [1.54, 1.807) is 12.1 Å². The van der Waals surface area contributed by atoms with Gasteiger partial charge in [-0.15, -0.1) is 0 Å². The molecule has 2 aliphatic heterocycles. The maximum absolute atomic E-state index is 15.1. The number of rotatable bonds is 3. The highest BCUT2D eigenvalue weighted by molar-refractivity contribution is 8.18. The van der Waals surface area contributed by atoms with Gasteiger partial charge in [0.25, 0.3) is 11.1 Å². The number of nitrogens with zero attached hydrogens (tertiary/aromatic N) is 4. The Morgan fingerprint density at radius 1 is 1.06 bits per heavy atom. The highest BCUT2D eigenvalue weighted by atomic mass is 32.2. The van der Waals surface area contributed by atoms with E-state index in [0.717, 1.165) is 48.9 Å². The van der Waals surface area contributed by atoms with E-state index < -0.39 is 5.91 Å². The van der Waals surface area contributed by atoms with Crippen molar-refractivity contribution in [1.82, 2.24) is 20.2 Å². The van der Waals surface area contributed by atoms with Crippen LogP contribution in [0.3, 0.4) is 0 Å². The zero-order valence-corrected chi connectivity index (χ0v) is 18.2. The molecule has 162 valence electrons. The first-order valence-electron chi connectivity index (χ1n) is 10.2. The first kappa shape index (κ1) is 20.6. The van der Waals surface area contributed by atoms with Crippen molar-refractivity contribution in [3.8, 4) is 11.3 Å². The van der Waals surface area contributed by atoms with E-state index in [1.807, 2.05) is 24.3 Å². The van der Waals surface area contributed by atoms with Gasteiger partial charge in [0, 0.05) is 37.1 Å². The maximum atomic E-state index is 15.1. The first-order chi connectivity index (χ1) is 15.5. The van der Waals surface area contributed by atoms with Crippen molar-refractivity contribution in [1.29, 1.82) is 0 Å². The third-order valence-corrected chi connectivity index (χ3v) is 6.47. The molecule has 32 heavy (non-hydrogen) atoms. The van der Waals surface area contributed by atoms with Crippen LogP contribution in [0, 0.1) is 5.82 Å². The Morgan fingerprint density at radius 3 is 2.59 bits per heavy atom. The lowest BCUT2D eigenvalue weighted by atomic mass is 10.0. The summed E-state index contributed by atoms with van der Waals surface area (Å²) in [4.78, 5) is 36.6. The molecule has 1 N–H and O–H groups in total. The van der Waals surface area contributed by atoms with Gasteiger partial charge >= 0.3 is 0 Å². The Bertz CT molecular complexity index is 1270. The van der Waals surface area contributed by atoms with Gasteiger partial charge in [0.05, 0.1) is 21.8 Å². The smallest absolute Gasteiger partial charge is 0.290 e. The summed E-state index contributed by atoms with van der Waals surface area (Å²) in [6.07, 6.45) is 3.11. The number of likely N-dealkylation sites (N-methyl/N-ethyl adjacent to an activating group) is 1. The van der Waals surface area contributed by atoms with Crippen LogP contribution in [0.25, 0.3) is 28.2 Å². The molecule has 2 saturated heterocycles. The predicted octanol–water partition coefficient (Wildman–Crippen LogP) is 3.51. The summed E-state index contributed by atoms with van der Waals surface area (Å²) in [6, 6.07) is 10.7. The van der Waals surface area contributed by atoms with Gasteiger partial charge in [-0.05, 0) is 54.7 Å². The molecule has 2 fully saturated rings. The molecule has 2 aliphatic rings. The summed E-state index contributed by atoms with van der Waals surface area (Å²) < 4.78 is 15.1. The minimum Gasteiger partial charge on any atom is -0.367 e. The van der Waals surface area contributed by atoms with Crippen LogP contribution in [-0.2, 0) is 4.79 Å². The molecule has 0 aliphatic carbocycles. The normalized spacial score (nSPS) is 18.6. The number of anilines is 1. The number of fused-ring (bicyclic) bond motifs is 1. The van der Waals surface area contributed by atoms with Crippen LogP contribution in [0.4, 0.5) is 14.9 Å². The van der Waals surface area contributed by atoms with E-state index >= 15 is 4.39 Å². The van der Waals surface area contributed by atoms with E-state index in [2.05, 4.69) is 32.1 Å². The molecular formula is C23H20FN5O2S. The predicted molar refractivity (Wildman–Crippen MR) is 124 cm³/mol. The Morgan fingerprint density at radius 2 is 1.88 bits per heavy atom. The fourth-order valence-electron chi connectivity index (χ4n) is 3.92. The van der Waals surface area contributed by atoms with E-state index in [0.29, 0.717) is 27.4 Å². The van der Waals surface area contributed by atoms with Crippen molar-refractivity contribution in [2.75, 3.05) is 38.1 Å². The third kappa shape index (κ3) is 3.96. The van der Waals surface area contributed by atoms with Gasteiger partial charge in [0.1, 0.15) is 12.1 Å². The second-order valence-corrected chi connectivity index (χ2v) is 8.82. The molecule has 0 radical (unpaired) electrons. The van der Waals surface area contributed by atoms with Gasteiger partial charge in [-0.1, -0.05) is 12.1 Å². The van der Waals surface area contributed by atoms with E-state index in [9.17, 15) is 9.59 Å². The third-order valence-electron chi connectivity index (χ3n) is 5.66. The van der Waals surface area contributed by atoms with Gasteiger partial charge in [-0.3, -0.25) is 14.9 Å². The molecule has 0 unspecified atom stereocenters. The number of imide groups is 1. The van der Waals surface area contributed by atoms with Crippen LogP contribution in [-0.4, -0.2) is 59.2 Å². The number of hydrogen-bond acceptors (Lipinski definition) is 7. The molecule has 3 heterocycles. The molecule has 0 bridgehead atoms. The van der Waals surface area contributed by atoms with E-state index in [4.69, 9.17) is 0 Å². The number of halogens is 1. The molecule has 0 spiro atoms. The maximum Gasteiger partial charge on any atom is 0.290 e. The van der Waals surface area contributed by atoms with E-state index in [-0.39, 0.29) is 11.1 Å². The SMILES string of the molecule is CN1CCN(c2ccc(-c3ncnc4ccc(C=C5SC(=O)NC5=O)cc34)cc2F)CC1. The lowest BCUT2D eigenvalue weighted by Gasteiger charge is -2.34. The quantitative estimate of drug-likeness (QED) is 0.613. The zero-order chi connectivity index (χ0) is 22.2. The Balaban J connectivity index is 1.51. The number of thioether (sulfide) groups is 1. The number of hydrogen-bond donors (Lipinski definition) is 1. The highest BCUT2D eigenvalue weighted by Crippen LogP contribution is 2.32. The molecule has 0 atom stereocenters. The largest absolute Gasteiger partial charge is 0.367 e. The van der Waals surface area contributed by atoms with E-state index in [1.165, 1.54) is 12.4 Å². The van der Waals surface area contributed by atoms with Crippen LogP contribution >= 0.6 is 11.8 Å². The molecular weight excluding hydrogens is 429 g/mol. The minimum absolute atomic E-state index is 0.283. The van der Waals surface area contributed by atoms with Crippen LogP contribution < -0.4 is 10.2 Å². The van der Waals surface area contributed by atoms with Gasteiger partial charge < -0.3 is 9.80 Å². The second-order valence-electron chi connectivity index (χ2n) is 7.81.